The van der Waals surface area contributed by atoms with Gasteiger partial charge in [0.2, 0.25) is 10.0 Å². The molecule has 6 nitrogen and oxygen atoms in total. The second-order valence-electron chi connectivity index (χ2n) is 4.89. The minimum absolute atomic E-state index is 0.000243. The summed E-state index contributed by atoms with van der Waals surface area (Å²) >= 11 is 0. The van der Waals surface area contributed by atoms with E-state index in [0.717, 1.165) is 0 Å². The molecule has 1 fully saturated rings. The summed E-state index contributed by atoms with van der Waals surface area (Å²) in [6, 6.07) is 1.49. The zero-order valence-corrected chi connectivity index (χ0v) is 12.4. The Hall–Kier alpha value is -1.46. The van der Waals surface area contributed by atoms with E-state index in [9.17, 15) is 8.42 Å². The summed E-state index contributed by atoms with van der Waals surface area (Å²) in [7, 11) is -3.59. The van der Waals surface area contributed by atoms with Gasteiger partial charge in [0.15, 0.2) is 0 Å². The van der Waals surface area contributed by atoms with Crippen LogP contribution < -0.4 is 0 Å². The first kappa shape index (κ1) is 15.9. The lowest BCUT2D eigenvalue weighted by Gasteiger charge is -2.16. The van der Waals surface area contributed by atoms with E-state index in [1.807, 2.05) is 0 Å². The first-order valence-electron chi connectivity index (χ1n) is 6.73. The van der Waals surface area contributed by atoms with Gasteiger partial charge in [0, 0.05) is 44.1 Å². The molecule has 1 atom stereocenters. The molecule has 1 unspecified atom stereocenters. The molecule has 0 aromatic carbocycles. The maximum atomic E-state index is 12.5. The van der Waals surface area contributed by atoms with Crippen molar-refractivity contribution in [2.45, 2.75) is 17.7 Å². The number of rotatable bonds is 4. The average molecular weight is 310 g/mol. The molecule has 0 radical (unpaired) electrons. The van der Waals surface area contributed by atoms with Gasteiger partial charge in [0.1, 0.15) is 4.90 Å². The molecule has 1 aromatic rings. The van der Waals surface area contributed by atoms with Crippen molar-refractivity contribution in [1.82, 2.24) is 9.29 Å². The van der Waals surface area contributed by atoms with Crippen molar-refractivity contribution in [3.8, 4) is 11.8 Å². The van der Waals surface area contributed by atoms with Gasteiger partial charge >= 0.3 is 0 Å². The van der Waals surface area contributed by atoms with Crippen LogP contribution in [0.4, 0.5) is 0 Å². The molecule has 2 rings (SSSR count). The van der Waals surface area contributed by atoms with Gasteiger partial charge in [0.05, 0.1) is 6.61 Å². The zero-order chi connectivity index (χ0) is 15.3. The summed E-state index contributed by atoms with van der Waals surface area (Å²) in [4.78, 5) is 4.03. The molecule has 1 aliphatic heterocycles. The number of hydrogen-bond acceptors (Lipinski definition) is 5. The minimum atomic E-state index is -3.59. The van der Waals surface area contributed by atoms with Gasteiger partial charge in [-0.25, -0.2) is 8.42 Å². The molecular formula is C14H18N2O4S. The third-order valence-electron chi connectivity index (χ3n) is 3.33. The maximum absolute atomic E-state index is 12.5. The Bertz CT molecular complexity index is 648. The van der Waals surface area contributed by atoms with Gasteiger partial charge in [0.25, 0.3) is 0 Å². The first-order valence-corrected chi connectivity index (χ1v) is 8.17. The van der Waals surface area contributed by atoms with E-state index in [0.29, 0.717) is 31.5 Å². The number of aliphatic hydroxyl groups is 2. The van der Waals surface area contributed by atoms with Gasteiger partial charge in [-0.15, -0.1) is 0 Å². The van der Waals surface area contributed by atoms with Crippen LogP contribution in [0.3, 0.4) is 0 Å². The van der Waals surface area contributed by atoms with Crippen LogP contribution in [0.1, 0.15) is 18.4 Å². The van der Waals surface area contributed by atoms with Crippen molar-refractivity contribution in [1.29, 1.82) is 0 Å². The Kier molecular flexibility index (Phi) is 5.31. The van der Waals surface area contributed by atoms with E-state index in [1.54, 1.807) is 0 Å². The smallest absolute Gasteiger partial charge is 0.244 e. The monoisotopic (exact) mass is 310 g/mol. The summed E-state index contributed by atoms with van der Waals surface area (Å²) in [5.74, 6) is 5.51. The second-order valence-corrected chi connectivity index (χ2v) is 6.82. The van der Waals surface area contributed by atoms with Crippen LogP contribution in [0.15, 0.2) is 23.4 Å². The summed E-state index contributed by atoms with van der Waals surface area (Å²) in [5, 5.41) is 17.8. The summed E-state index contributed by atoms with van der Waals surface area (Å²) in [5.41, 5.74) is 0.502. The Morgan fingerprint density at radius 2 is 2.19 bits per heavy atom. The van der Waals surface area contributed by atoms with Crippen LogP contribution in [0.2, 0.25) is 0 Å². The largest absolute Gasteiger partial charge is 0.396 e. The molecule has 2 heterocycles. The molecular weight excluding hydrogens is 292 g/mol. The van der Waals surface area contributed by atoms with Gasteiger partial charge in [-0.2, -0.15) is 4.31 Å². The molecule has 0 amide bonds. The molecule has 21 heavy (non-hydrogen) atoms. The fraction of sp³-hybridized carbons (Fsp3) is 0.500. The van der Waals surface area contributed by atoms with Crippen molar-refractivity contribution in [2.24, 2.45) is 5.92 Å². The van der Waals surface area contributed by atoms with Gasteiger partial charge in [-0.3, -0.25) is 4.98 Å². The second kappa shape index (κ2) is 7.00. The predicted molar refractivity (Wildman–Crippen MR) is 76.8 cm³/mol. The lowest BCUT2D eigenvalue weighted by atomic mass is 10.1. The van der Waals surface area contributed by atoms with Crippen LogP contribution in [0.5, 0.6) is 0 Å². The van der Waals surface area contributed by atoms with E-state index < -0.39 is 10.0 Å². The van der Waals surface area contributed by atoms with Crippen molar-refractivity contribution in [3.63, 3.8) is 0 Å². The van der Waals surface area contributed by atoms with Crippen molar-refractivity contribution in [3.05, 3.63) is 24.0 Å². The first-order chi connectivity index (χ1) is 10.1. The number of aliphatic hydroxyl groups excluding tert-OH is 2. The summed E-state index contributed by atoms with van der Waals surface area (Å²) < 4.78 is 26.4. The summed E-state index contributed by atoms with van der Waals surface area (Å²) in [6.07, 6.45) is 3.79. The molecule has 2 N–H and O–H groups in total. The van der Waals surface area contributed by atoms with E-state index in [-0.39, 0.29) is 24.0 Å². The Balaban J connectivity index is 2.21. The highest BCUT2D eigenvalue weighted by atomic mass is 32.2. The van der Waals surface area contributed by atoms with Gasteiger partial charge in [-0.1, -0.05) is 11.8 Å². The van der Waals surface area contributed by atoms with Crippen LogP contribution in [0, 0.1) is 17.8 Å². The molecule has 0 spiro atoms. The molecule has 1 aliphatic rings. The average Bonchev–Trinajstić information content (AvgIpc) is 2.97. The number of hydrogen-bond donors (Lipinski definition) is 2. The van der Waals surface area contributed by atoms with Crippen LogP contribution in [-0.2, 0) is 10.0 Å². The minimum Gasteiger partial charge on any atom is -0.396 e. The quantitative estimate of drug-likeness (QED) is 0.753. The number of pyridine rings is 1. The normalized spacial score (nSPS) is 19.2. The summed E-state index contributed by atoms with van der Waals surface area (Å²) in [6.45, 7) is 0.707. The molecule has 7 heteroatoms. The van der Waals surface area contributed by atoms with E-state index in [4.69, 9.17) is 10.2 Å². The maximum Gasteiger partial charge on any atom is 0.244 e. The fourth-order valence-electron chi connectivity index (χ4n) is 2.16. The van der Waals surface area contributed by atoms with Crippen molar-refractivity contribution < 1.29 is 18.6 Å². The third kappa shape index (κ3) is 3.80. The van der Waals surface area contributed by atoms with E-state index in [2.05, 4.69) is 16.8 Å². The lowest BCUT2D eigenvalue weighted by molar-refractivity contribution is 0.233. The van der Waals surface area contributed by atoms with Crippen LogP contribution in [-0.4, -0.2) is 54.2 Å². The van der Waals surface area contributed by atoms with Crippen molar-refractivity contribution in [2.75, 3.05) is 26.3 Å². The standard InChI is InChI=1S/C14H18N2O4S/c17-6-2-1-3-12-7-14(9-15-8-12)21(19,20)16-5-4-13(10-16)11-18/h7-9,13,17-18H,2,4-6,10-11H2. The lowest BCUT2D eigenvalue weighted by Crippen LogP contribution is -2.29. The SMILES string of the molecule is O=S(=O)(c1cncc(C#CCCO)c1)N1CCC(CO)C1. The Morgan fingerprint density at radius 1 is 1.38 bits per heavy atom. The molecule has 114 valence electrons. The van der Waals surface area contributed by atoms with Crippen LogP contribution in [0.25, 0.3) is 0 Å². The zero-order valence-electron chi connectivity index (χ0n) is 11.6. The Labute approximate surface area is 124 Å². The molecule has 1 saturated heterocycles. The van der Waals surface area contributed by atoms with Crippen molar-refractivity contribution >= 4 is 10.0 Å². The highest BCUT2D eigenvalue weighted by molar-refractivity contribution is 7.89. The molecule has 0 bridgehead atoms. The highest BCUT2D eigenvalue weighted by Crippen LogP contribution is 2.23. The number of sulfonamides is 1. The van der Waals surface area contributed by atoms with E-state index in [1.165, 1.54) is 22.8 Å². The van der Waals surface area contributed by atoms with Crippen LogP contribution >= 0.6 is 0 Å². The molecule has 1 aromatic heterocycles. The number of nitrogens with zero attached hydrogens (tertiary/aromatic N) is 2. The topological polar surface area (TPSA) is 90.7 Å². The van der Waals surface area contributed by atoms with Gasteiger partial charge < -0.3 is 10.2 Å². The predicted octanol–water partition coefficient (Wildman–Crippen LogP) is -0.182. The number of aromatic nitrogens is 1. The Morgan fingerprint density at radius 3 is 2.86 bits per heavy atom. The van der Waals surface area contributed by atoms with E-state index >= 15 is 0 Å². The molecule has 0 saturated carbocycles. The molecule has 0 aliphatic carbocycles. The fourth-order valence-corrected chi connectivity index (χ4v) is 3.68. The highest BCUT2D eigenvalue weighted by Gasteiger charge is 2.32. The van der Waals surface area contributed by atoms with Gasteiger partial charge in [-0.05, 0) is 18.4 Å². The third-order valence-corrected chi connectivity index (χ3v) is 5.16.